The summed E-state index contributed by atoms with van der Waals surface area (Å²) in [5, 5.41) is 8.28. The molecule has 0 bridgehead atoms. The molecule has 0 atom stereocenters. The van der Waals surface area contributed by atoms with Gasteiger partial charge in [0.2, 0.25) is 5.91 Å². The number of likely N-dealkylation sites (N-methyl/N-ethyl adjacent to an activating group) is 1. The van der Waals surface area contributed by atoms with Gasteiger partial charge in [0.1, 0.15) is 5.69 Å². The van der Waals surface area contributed by atoms with Crippen molar-refractivity contribution in [3.05, 3.63) is 83.7 Å². The maximum atomic E-state index is 12.7. The van der Waals surface area contributed by atoms with Crippen LogP contribution in [0.2, 0.25) is 0 Å². The zero-order valence-electron chi connectivity index (χ0n) is 17.7. The number of carbonyl (C=O) groups excluding carboxylic acids is 1. The van der Waals surface area contributed by atoms with Gasteiger partial charge in [-0.3, -0.25) is 4.79 Å². The van der Waals surface area contributed by atoms with Crippen LogP contribution >= 0.6 is 0 Å². The van der Waals surface area contributed by atoms with Crippen molar-refractivity contribution in [1.82, 2.24) is 19.9 Å². The van der Waals surface area contributed by atoms with Crippen LogP contribution in [0.15, 0.2) is 66.9 Å². The Bertz CT molecular complexity index is 1030. The third kappa shape index (κ3) is 5.58. The minimum absolute atomic E-state index is 0.0746. The topological polar surface area (TPSA) is 63.5 Å². The fraction of sp³-hybridized carbons (Fsp3) is 0.292. The number of hydrogen-bond acceptors (Lipinski definition) is 5. The first-order chi connectivity index (χ1) is 15.2. The minimum Gasteiger partial charge on any atom is -0.378 e. The van der Waals surface area contributed by atoms with E-state index in [1.165, 1.54) is 5.69 Å². The van der Waals surface area contributed by atoms with Gasteiger partial charge in [-0.1, -0.05) is 53.7 Å². The molecule has 1 amide bonds. The van der Waals surface area contributed by atoms with Gasteiger partial charge in [0, 0.05) is 38.4 Å². The molecule has 1 aliphatic heterocycles. The Hall–Kier alpha value is -3.45. The van der Waals surface area contributed by atoms with Crippen LogP contribution in [0, 0.1) is 0 Å². The number of nitrogens with zero attached hydrogens (tertiary/aromatic N) is 5. The molecule has 0 unspecified atom stereocenters. The van der Waals surface area contributed by atoms with E-state index in [1.807, 2.05) is 55.7 Å². The molecule has 7 nitrogen and oxygen atoms in total. The molecule has 0 spiro atoms. The van der Waals surface area contributed by atoms with Crippen LogP contribution in [0.5, 0.6) is 0 Å². The summed E-state index contributed by atoms with van der Waals surface area (Å²) in [5.74, 6) is -0.0746. The van der Waals surface area contributed by atoms with Crippen molar-refractivity contribution in [1.29, 1.82) is 0 Å². The highest BCUT2D eigenvalue weighted by Crippen LogP contribution is 2.22. The largest absolute Gasteiger partial charge is 0.378 e. The molecule has 0 radical (unpaired) electrons. The highest BCUT2D eigenvalue weighted by Gasteiger charge is 2.16. The highest BCUT2D eigenvalue weighted by molar-refractivity contribution is 5.91. The van der Waals surface area contributed by atoms with E-state index in [1.54, 1.807) is 21.7 Å². The third-order valence-corrected chi connectivity index (χ3v) is 5.27. The van der Waals surface area contributed by atoms with Crippen LogP contribution in [-0.2, 0) is 22.6 Å². The molecule has 31 heavy (non-hydrogen) atoms. The summed E-state index contributed by atoms with van der Waals surface area (Å²) >= 11 is 0. The van der Waals surface area contributed by atoms with Crippen LogP contribution in [0.4, 0.5) is 5.69 Å². The van der Waals surface area contributed by atoms with Crippen LogP contribution in [-0.4, -0.2) is 59.2 Å². The van der Waals surface area contributed by atoms with Crippen molar-refractivity contribution in [2.24, 2.45) is 0 Å². The lowest BCUT2D eigenvalue weighted by molar-refractivity contribution is -0.125. The molecular weight excluding hydrogens is 390 g/mol. The van der Waals surface area contributed by atoms with Crippen LogP contribution in [0.1, 0.15) is 16.8 Å². The lowest BCUT2D eigenvalue weighted by Crippen LogP contribution is -2.37. The van der Waals surface area contributed by atoms with E-state index < -0.39 is 0 Å². The second-order valence-electron chi connectivity index (χ2n) is 7.58. The molecule has 0 N–H and O–H groups in total. The standard InChI is InChI=1S/C24H27N5O2/c1-27(18-21-9-5-6-10-23(21)28-13-15-31-16-14-28)24(30)12-11-22-19-29(26-25-22)17-20-7-3-2-4-8-20/h2-12,19H,13-18H2,1H3. The average molecular weight is 418 g/mol. The highest BCUT2D eigenvalue weighted by atomic mass is 16.5. The molecule has 2 heterocycles. The zero-order valence-corrected chi connectivity index (χ0v) is 17.7. The summed E-state index contributed by atoms with van der Waals surface area (Å²) < 4.78 is 7.23. The van der Waals surface area contributed by atoms with Crippen molar-refractivity contribution in [3.8, 4) is 0 Å². The molecule has 160 valence electrons. The minimum atomic E-state index is -0.0746. The van der Waals surface area contributed by atoms with Gasteiger partial charge in [-0.05, 0) is 23.3 Å². The number of amides is 1. The average Bonchev–Trinajstić information content (AvgIpc) is 3.26. The van der Waals surface area contributed by atoms with Crippen LogP contribution in [0.25, 0.3) is 6.08 Å². The maximum absolute atomic E-state index is 12.7. The second kappa shape index (κ2) is 10.0. The fourth-order valence-corrected chi connectivity index (χ4v) is 3.61. The van der Waals surface area contributed by atoms with Gasteiger partial charge in [0.25, 0.3) is 0 Å². The van der Waals surface area contributed by atoms with Crippen molar-refractivity contribution < 1.29 is 9.53 Å². The van der Waals surface area contributed by atoms with Gasteiger partial charge in [-0.2, -0.15) is 0 Å². The summed E-state index contributed by atoms with van der Waals surface area (Å²) in [6.45, 7) is 4.39. The summed E-state index contributed by atoms with van der Waals surface area (Å²) in [4.78, 5) is 16.7. The summed E-state index contributed by atoms with van der Waals surface area (Å²) in [6, 6.07) is 18.3. The normalized spacial score (nSPS) is 14.2. The van der Waals surface area contributed by atoms with E-state index in [2.05, 4.69) is 27.3 Å². The van der Waals surface area contributed by atoms with Crippen molar-refractivity contribution in [2.45, 2.75) is 13.1 Å². The van der Waals surface area contributed by atoms with Gasteiger partial charge in [0.15, 0.2) is 0 Å². The quantitative estimate of drug-likeness (QED) is 0.553. The first kappa shape index (κ1) is 20.8. The number of anilines is 1. The molecule has 1 aromatic heterocycles. The Morgan fingerprint density at radius 3 is 2.65 bits per heavy atom. The van der Waals surface area contributed by atoms with Gasteiger partial charge >= 0.3 is 0 Å². The number of benzene rings is 2. The number of morpholine rings is 1. The smallest absolute Gasteiger partial charge is 0.246 e. The number of ether oxygens (including phenoxy) is 1. The Morgan fingerprint density at radius 2 is 1.84 bits per heavy atom. The van der Waals surface area contributed by atoms with Crippen LogP contribution in [0.3, 0.4) is 0 Å². The molecule has 1 fully saturated rings. The number of aromatic nitrogens is 3. The monoisotopic (exact) mass is 417 g/mol. The Kier molecular flexibility index (Phi) is 6.74. The Morgan fingerprint density at radius 1 is 1.10 bits per heavy atom. The third-order valence-electron chi connectivity index (χ3n) is 5.27. The van der Waals surface area contributed by atoms with Gasteiger partial charge in [0.05, 0.1) is 26.0 Å². The SMILES string of the molecule is CN(Cc1ccccc1N1CCOCC1)C(=O)C=Cc1cn(Cc2ccccc2)nn1. The molecule has 1 saturated heterocycles. The molecule has 0 aliphatic carbocycles. The molecule has 7 heteroatoms. The molecule has 1 aliphatic rings. The number of carbonyl (C=O) groups is 1. The molecular formula is C24H27N5O2. The van der Waals surface area contributed by atoms with Gasteiger partial charge in [-0.25, -0.2) is 4.68 Å². The van der Waals surface area contributed by atoms with E-state index in [4.69, 9.17) is 4.74 Å². The Labute approximate surface area is 182 Å². The number of para-hydroxylation sites is 1. The predicted molar refractivity (Wildman–Crippen MR) is 121 cm³/mol. The fourth-order valence-electron chi connectivity index (χ4n) is 3.61. The number of rotatable bonds is 7. The molecule has 2 aromatic carbocycles. The van der Waals surface area contributed by atoms with E-state index >= 15 is 0 Å². The molecule has 3 aromatic rings. The summed E-state index contributed by atoms with van der Waals surface area (Å²) in [6.07, 6.45) is 5.10. The van der Waals surface area contributed by atoms with E-state index in [9.17, 15) is 4.79 Å². The second-order valence-corrected chi connectivity index (χ2v) is 7.58. The predicted octanol–water partition coefficient (Wildman–Crippen LogP) is 2.83. The van der Waals surface area contributed by atoms with E-state index in [0.717, 1.165) is 37.4 Å². The van der Waals surface area contributed by atoms with E-state index in [0.29, 0.717) is 18.8 Å². The Balaban J connectivity index is 1.37. The maximum Gasteiger partial charge on any atom is 0.246 e. The van der Waals surface area contributed by atoms with Crippen LogP contribution < -0.4 is 4.90 Å². The van der Waals surface area contributed by atoms with Gasteiger partial charge in [-0.15, -0.1) is 5.10 Å². The summed E-state index contributed by atoms with van der Waals surface area (Å²) in [7, 11) is 1.81. The van der Waals surface area contributed by atoms with Crippen molar-refractivity contribution in [3.63, 3.8) is 0 Å². The van der Waals surface area contributed by atoms with Gasteiger partial charge < -0.3 is 14.5 Å². The zero-order chi connectivity index (χ0) is 21.5. The first-order valence-corrected chi connectivity index (χ1v) is 10.5. The van der Waals surface area contributed by atoms with E-state index in [-0.39, 0.29) is 5.91 Å². The number of hydrogen-bond donors (Lipinski definition) is 0. The van der Waals surface area contributed by atoms with Crippen molar-refractivity contribution in [2.75, 3.05) is 38.3 Å². The first-order valence-electron chi connectivity index (χ1n) is 10.5. The van der Waals surface area contributed by atoms with Crippen molar-refractivity contribution >= 4 is 17.7 Å². The summed E-state index contributed by atoms with van der Waals surface area (Å²) in [5.41, 5.74) is 4.10. The lowest BCUT2D eigenvalue weighted by Gasteiger charge is -2.31. The lowest BCUT2D eigenvalue weighted by atomic mass is 10.1. The molecule has 4 rings (SSSR count). The molecule has 0 saturated carbocycles.